The minimum Gasteiger partial charge on any atom is -0.368 e. The number of para-hydroxylation sites is 1. The van der Waals surface area contributed by atoms with Crippen LogP contribution in [0.5, 0.6) is 0 Å². The van der Waals surface area contributed by atoms with Gasteiger partial charge in [0.1, 0.15) is 6.54 Å². The third kappa shape index (κ3) is 2.52. The van der Waals surface area contributed by atoms with Gasteiger partial charge in [-0.05, 0) is 49.2 Å². The van der Waals surface area contributed by atoms with E-state index >= 15 is 0 Å². The number of aryl methyl sites for hydroxylation is 2. The molecule has 2 aromatic carbocycles. The Labute approximate surface area is 137 Å². The first kappa shape index (κ1) is 15.7. The van der Waals surface area contributed by atoms with Crippen molar-refractivity contribution < 1.29 is 4.79 Å². The third-order valence-electron chi connectivity index (χ3n) is 4.11. The van der Waals surface area contributed by atoms with E-state index in [4.69, 9.17) is 5.73 Å². The van der Waals surface area contributed by atoms with Crippen LogP contribution >= 0.6 is 0 Å². The van der Waals surface area contributed by atoms with Crippen molar-refractivity contribution in [2.45, 2.75) is 20.4 Å². The van der Waals surface area contributed by atoms with Crippen molar-refractivity contribution in [3.63, 3.8) is 0 Å². The highest BCUT2D eigenvalue weighted by Crippen LogP contribution is 2.13. The highest BCUT2D eigenvalue weighted by molar-refractivity contribution is 5.81. The fourth-order valence-corrected chi connectivity index (χ4v) is 2.72. The SMILES string of the molecule is Cc1ccc(-n2c(=O)c3ccccc3n(CC(N)=O)c2=O)cc1C. The lowest BCUT2D eigenvalue weighted by Crippen LogP contribution is -2.41. The van der Waals surface area contributed by atoms with Gasteiger partial charge in [-0.25, -0.2) is 9.36 Å². The molecular formula is C18H17N3O3. The van der Waals surface area contributed by atoms with Crippen LogP contribution in [0.15, 0.2) is 52.1 Å². The molecule has 0 unspecified atom stereocenters. The van der Waals surface area contributed by atoms with E-state index in [1.54, 1.807) is 36.4 Å². The van der Waals surface area contributed by atoms with E-state index in [1.165, 1.54) is 4.57 Å². The van der Waals surface area contributed by atoms with E-state index in [-0.39, 0.29) is 6.54 Å². The smallest absolute Gasteiger partial charge is 0.336 e. The van der Waals surface area contributed by atoms with Gasteiger partial charge in [-0.1, -0.05) is 18.2 Å². The summed E-state index contributed by atoms with van der Waals surface area (Å²) in [7, 11) is 0. The zero-order valence-corrected chi connectivity index (χ0v) is 13.4. The number of carbonyl (C=O) groups is 1. The molecule has 1 aromatic heterocycles. The van der Waals surface area contributed by atoms with Gasteiger partial charge in [-0.2, -0.15) is 0 Å². The number of nitrogens with two attached hydrogens (primary N) is 1. The molecule has 0 atom stereocenters. The maximum atomic E-state index is 12.9. The standard InChI is InChI=1S/C18H17N3O3/c1-11-7-8-13(9-12(11)2)21-17(23)14-5-3-4-6-15(14)20(18(21)24)10-16(19)22/h3-9H,10H2,1-2H3,(H2,19,22). The maximum Gasteiger partial charge on any atom is 0.336 e. The normalized spacial score (nSPS) is 10.9. The Bertz CT molecular complexity index is 1080. The van der Waals surface area contributed by atoms with Gasteiger partial charge in [0.25, 0.3) is 5.56 Å². The summed E-state index contributed by atoms with van der Waals surface area (Å²) in [5.74, 6) is -0.646. The summed E-state index contributed by atoms with van der Waals surface area (Å²) in [5.41, 5.74) is 7.16. The first-order valence-electron chi connectivity index (χ1n) is 7.50. The monoisotopic (exact) mass is 323 g/mol. The topological polar surface area (TPSA) is 87.1 Å². The summed E-state index contributed by atoms with van der Waals surface area (Å²) in [6.45, 7) is 3.57. The van der Waals surface area contributed by atoms with Gasteiger partial charge in [-0.15, -0.1) is 0 Å². The molecule has 0 bridgehead atoms. The second kappa shape index (κ2) is 5.81. The predicted octanol–water partition coefficient (Wildman–Crippen LogP) is 1.25. The number of hydrogen-bond donors (Lipinski definition) is 1. The van der Waals surface area contributed by atoms with Gasteiger partial charge in [0, 0.05) is 0 Å². The molecule has 3 rings (SSSR count). The van der Waals surface area contributed by atoms with Gasteiger partial charge < -0.3 is 5.73 Å². The van der Waals surface area contributed by atoms with Crippen LogP contribution in [-0.4, -0.2) is 15.0 Å². The fourth-order valence-electron chi connectivity index (χ4n) is 2.72. The van der Waals surface area contributed by atoms with Crippen LogP contribution in [0.3, 0.4) is 0 Å². The number of aromatic nitrogens is 2. The number of nitrogens with zero attached hydrogens (tertiary/aromatic N) is 2. The number of benzene rings is 2. The largest absolute Gasteiger partial charge is 0.368 e. The number of amides is 1. The van der Waals surface area contributed by atoms with Crippen molar-refractivity contribution in [3.05, 3.63) is 74.4 Å². The minimum atomic E-state index is -0.646. The van der Waals surface area contributed by atoms with Crippen LogP contribution in [0.25, 0.3) is 16.6 Å². The Morgan fingerprint density at radius 2 is 1.75 bits per heavy atom. The van der Waals surface area contributed by atoms with E-state index in [9.17, 15) is 14.4 Å². The highest BCUT2D eigenvalue weighted by atomic mass is 16.2. The van der Waals surface area contributed by atoms with Gasteiger partial charge in [-0.3, -0.25) is 14.2 Å². The Hall–Kier alpha value is -3.15. The molecule has 6 nitrogen and oxygen atoms in total. The molecule has 0 aliphatic heterocycles. The van der Waals surface area contributed by atoms with Gasteiger partial charge >= 0.3 is 5.69 Å². The Morgan fingerprint density at radius 3 is 2.42 bits per heavy atom. The van der Waals surface area contributed by atoms with Crippen molar-refractivity contribution >= 4 is 16.8 Å². The predicted molar refractivity (Wildman–Crippen MR) is 92.5 cm³/mol. The van der Waals surface area contributed by atoms with E-state index < -0.39 is 17.2 Å². The molecule has 3 aromatic rings. The number of fused-ring (bicyclic) bond motifs is 1. The molecule has 0 radical (unpaired) electrons. The molecular weight excluding hydrogens is 306 g/mol. The molecule has 0 aliphatic rings. The van der Waals surface area contributed by atoms with Crippen molar-refractivity contribution in [2.24, 2.45) is 5.73 Å². The quantitative estimate of drug-likeness (QED) is 0.787. The second-order valence-corrected chi connectivity index (χ2v) is 5.76. The van der Waals surface area contributed by atoms with Crippen LogP contribution in [0.2, 0.25) is 0 Å². The Kier molecular flexibility index (Phi) is 3.81. The van der Waals surface area contributed by atoms with Crippen LogP contribution in [0.1, 0.15) is 11.1 Å². The lowest BCUT2D eigenvalue weighted by atomic mass is 10.1. The molecule has 0 spiro atoms. The maximum absolute atomic E-state index is 12.9. The summed E-state index contributed by atoms with van der Waals surface area (Å²) in [4.78, 5) is 37.0. The number of hydrogen-bond acceptors (Lipinski definition) is 3. The first-order valence-corrected chi connectivity index (χ1v) is 7.50. The molecule has 0 saturated heterocycles. The minimum absolute atomic E-state index is 0.287. The summed E-state index contributed by atoms with van der Waals surface area (Å²) in [5, 5.41) is 0.358. The molecule has 122 valence electrons. The average Bonchev–Trinajstić information content (AvgIpc) is 2.55. The second-order valence-electron chi connectivity index (χ2n) is 5.76. The van der Waals surface area contributed by atoms with Gasteiger partial charge in [0.05, 0.1) is 16.6 Å². The number of rotatable bonds is 3. The molecule has 6 heteroatoms. The molecule has 1 heterocycles. The van der Waals surface area contributed by atoms with Crippen molar-refractivity contribution in [3.8, 4) is 5.69 Å². The first-order chi connectivity index (χ1) is 11.4. The van der Waals surface area contributed by atoms with Crippen molar-refractivity contribution in [2.75, 3.05) is 0 Å². The van der Waals surface area contributed by atoms with Gasteiger partial charge in [0.15, 0.2) is 0 Å². The van der Waals surface area contributed by atoms with E-state index in [2.05, 4.69) is 0 Å². The molecule has 24 heavy (non-hydrogen) atoms. The summed E-state index contributed by atoms with van der Waals surface area (Å²) in [6.07, 6.45) is 0. The summed E-state index contributed by atoms with van der Waals surface area (Å²) < 4.78 is 2.31. The highest BCUT2D eigenvalue weighted by Gasteiger charge is 2.15. The van der Waals surface area contributed by atoms with Crippen molar-refractivity contribution in [1.82, 2.24) is 9.13 Å². The zero-order chi connectivity index (χ0) is 17.4. The molecule has 0 aliphatic carbocycles. The van der Waals surface area contributed by atoms with Crippen LogP contribution in [0, 0.1) is 13.8 Å². The molecule has 1 amide bonds. The summed E-state index contributed by atoms with van der Waals surface area (Å²) >= 11 is 0. The van der Waals surface area contributed by atoms with E-state index in [1.807, 2.05) is 19.9 Å². The third-order valence-corrected chi connectivity index (χ3v) is 4.11. The van der Waals surface area contributed by atoms with Crippen LogP contribution < -0.4 is 17.0 Å². The lowest BCUT2D eigenvalue weighted by Gasteiger charge is -2.13. The fraction of sp³-hybridized carbons (Fsp3) is 0.167. The average molecular weight is 323 g/mol. The number of carbonyl (C=O) groups excluding carboxylic acids is 1. The summed E-state index contributed by atoms with van der Waals surface area (Å²) in [6, 6.07) is 12.0. The van der Waals surface area contributed by atoms with E-state index in [0.29, 0.717) is 16.6 Å². The number of primary amides is 1. The van der Waals surface area contributed by atoms with Crippen LogP contribution in [-0.2, 0) is 11.3 Å². The molecule has 0 saturated carbocycles. The lowest BCUT2D eigenvalue weighted by molar-refractivity contribution is -0.118. The van der Waals surface area contributed by atoms with Crippen LogP contribution in [0.4, 0.5) is 0 Å². The molecule has 2 N–H and O–H groups in total. The Morgan fingerprint density at radius 1 is 1.04 bits per heavy atom. The molecule has 0 fully saturated rings. The van der Waals surface area contributed by atoms with Crippen molar-refractivity contribution in [1.29, 1.82) is 0 Å². The Balaban J connectivity index is 2.44. The zero-order valence-electron chi connectivity index (χ0n) is 13.4. The van der Waals surface area contributed by atoms with Gasteiger partial charge in [0.2, 0.25) is 5.91 Å². The van der Waals surface area contributed by atoms with E-state index in [0.717, 1.165) is 15.7 Å².